The van der Waals surface area contributed by atoms with Gasteiger partial charge in [-0.05, 0) is 24.7 Å². The Morgan fingerprint density at radius 2 is 1.89 bits per heavy atom. The van der Waals surface area contributed by atoms with Crippen molar-refractivity contribution >= 4 is 5.82 Å². The molecule has 0 amide bonds. The molecule has 4 nitrogen and oxygen atoms in total. The number of hydrogen-bond donors (Lipinski definition) is 1. The number of anilines is 1. The first-order chi connectivity index (χ1) is 8.97. The van der Waals surface area contributed by atoms with Crippen LogP contribution in [-0.2, 0) is 0 Å². The maximum Gasteiger partial charge on any atom is 0.252 e. The molecule has 1 fully saturated rings. The molecular formula is C15H25N3O. The summed E-state index contributed by atoms with van der Waals surface area (Å²) in [6.07, 6.45) is 2.40. The summed E-state index contributed by atoms with van der Waals surface area (Å²) < 4.78 is 0. The highest BCUT2D eigenvalue weighted by atomic mass is 16.1. The van der Waals surface area contributed by atoms with E-state index in [4.69, 9.17) is 0 Å². The first-order valence-electron chi connectivity index (χ1n) is 7.33. The highest BCUT2D eigenvalue weighted by Gasteiger charge is 2.22. The maximum atomic E-state index is 11.7. The SMILES string of the molecule is CC(C)c1nc(N2CCC(C(C)C)CC2)cc(=O)[nH]1. The highest BCUT2D eigenvalue weighted by molar-refractivity contribution is 5.38. The van der Waals surface area contributed by atoms with Gasteiger partial charge in [0.15, 0.2) is 0 Å². The van der Waals surface area contributed by atoms with E-state index >= 15 is 0 Å². The van der Waals surface area contributed by atoms with Gasteiger partial charge in [0, 0.05) is 25.1 Å². The molecule has 0 aromatic carbocycles. The lowest BCUT2D eigenvalue weighted by atomic mass is 9.87. The van der Waals surface area contributed by atoms with Crippen molar-refractivity contribution in [3.8, 4) is 0 Å². The molecule has 1 aromatic heterocycles. The summed E-state index contributed by atoms with van der Waals surface area (Å²) in [7, 11) is 0. The predicted molar refractivity (Wildman–Crippen MR) is 78.7 cm³/mol. The van der Waals surface area contributed by atoms with Gasteiger partial charge in [-0.2, -0.15) is 0 Å². The van der Waals surface area contributed by atoms with Gasteiger partial charge in [0.05, 0.1) is 0 Å². The molecule has 1 aliphatic heterocycles. The van der Waals surface area contributed by atoms with Gasteiger partial charge in [0.1, 0.15) is 11.6 Å². The number of nitrogens with one attached hydrogen (secondary N) is 1. The molecule has 1 saturated heterocycles. The summed E-state index contributed by atoms with van der Waals surface area (Å²) in [4.78, 5) is 21.4. The van der Waals surface area contributed by atoms with Crippen LogP contribution in [0.15, 0.2) is 10.9 Å². The highest BCUT2D eigenvalue weighted by Crippen LogP contribution is 2.26. The summed E-state index contributed by atoms with van der Waals surface area (Å²) in [5.41, 5.74) is -0.0420. The minimum atomic E-state index is -0.0420. The van der Waals surface area contributed by atoms with Gasteiger partial charge in [-0.1, -0.05) is 27.7 Å². The van der Waals surface area contributed by atoms with Crippen LogP contribution >= 0.6 is 0 Å². The van der Waals surface area contributed by atoms with Crippen molar-refractivity contribution in [1.82, 2.24) is 9.97 Å². The number of H-pyrrole nitrogens is 1. The number of aromatic amines is 1. The van der Waals surface area contributed by atoms with Crippen molar-refractivity contribution in [2.24, 2.45) is 11.8 Å². The molecular weight excluding hydrogens is 238 g/mol. The number of piperidine rings is 1. The lowest BCUT2D eigenvalue weighted by Crippen LogP contribution is -2.36. The fraction of sp³-hybridized carbons (Fsp3) is 0.733. The van der Waals surface area contributed by atoms with E-state index in [0.29, 0.717) is 0 Å². The van der Waals surface area contributed by atoms with Gasteiger partial charge in [-0.15, -0.1) is 0 Å². The van der Waals surface area contributed by atoms with E-state index in [0.717, 1.165) is 36.6 Å². The molecule has 1 aliphatic rings. The fourth-order valence-corrected chi connectivity index (χ4v) is 2.69. The Morgan fingerprint density at radius 3 is 2.42 bits per heavy atom. The second-order valence-corrected chi connectivity index (χ2v) is 6.21. The molecule has 106 valence electrons. The van der Waals surface area contributed by atoms with Crippen LogP contribution in [0.1, 0.15) is 52.3 Å². The van der Waals surface area contributed by atoms with Gasteiger partial charge in [0.25, 0.3) is 5.56 Å². The van der Waals surface area contributed by atoms with E-state index in [1.165, 1.54) is 12.8 Å². The molecule has 1 aromatic rings. The molecule has 0 aliphatic carbocycles. The Balaban J connectivity index is 2.13. The standard InChI is InChI=1S/C15H25N3O/c1-10(2)12-5-7-18(8-6-12)13-9-14(19)17-15(16-13)11(3)4/h9-12H,5-8H2,1-4H3,(H,16,17,19). The van der Waals surface area contributed by atoms with E-state index in [1.807, 2.05) is 13.8 Å². The monoisotopic (exact) mass is 263 g/mol. The zero-order chi connectivity index (χ0) is 14.0. The third-order valence-corrected chi connectivity index (χ3v) is 4.10. The van der Waals surface area contributed by atoms with Gasteiger partial charge in [-0.3, -0.25) is 4.79 Å². The van der Waals surface area contributed by atoms with Crippen LogP contribution in [0.3, 0.4) is 0 Å². The first kappa shape index (κ1) is 14.1. The summed E-state index contributed by atoms with van der Waals surface area (Å²) in [6, 6.07) is 1.63. The molecule has 4 heteroatoms. The van der Waals surface area contributed by atoms with Crippen LogP contribution in [-0.4, -0.2) is 23.1 Å². The van der Waals surface area contributed by atoms with E-state index in [2.05, 4.69) is 28.7 Å². The van der Waals surface area contributed by atoms with Crippen LogP contribution in [0, 0.1) is 11.8 Å². The van der Waals surface area contributed by atoms with Gasteiger partial charge >= 0.3 is 0 Å². The predicted octanol–water partition coefficient (Wildman–Crippen LogP) is 2.77. The van der Waals surface area contributed by atoms with E-state index < -0.39 is 0 Å². The second-order valence-electron chi connectivity index (χ2n) is 6.21. The zero-order valence-corrected chi connectivity index (χ0v) is 12.4. The van der Waals surface area contributed by atoms with Crippen LogP contribution in [0.25, 0.3) is 0 Å². The third kappa shape index (κ3) is 3.37. The second kappa shape index (κ2) is 5.76. The van der Waals surface area contributed by atoms with Crippen LogP contribution in [0.4, 0.5) is 5.82 Å². The molecule has 0 saturated carbocycles. The molecule has 0 spiro atoms. The van der Waals surface area contributed by atoms with E-state index in [-0.39, 0.29) is 11.5 Å². The Bertz CT molecular complexity index is 471. The van der Waals surface area contributed by atoms with Crippen molar-refractivity contribution < 1.29 is 0 Å². The normalized spacial score (nSPS) is 17.5. The average molecular weight is 263 g/mol. The maximum absolute atomic E-state index is 11.7. The van der Waals surface area contributed by atoms with Gasteiger partial charge in [-0.25, -0.2) is 4.98 Å². The summed E-state index contributed by atoms with van der Waals surface area (Å²) in [5.74, 6) is 3.44. The average Bonchev–Trinajstić information content (AvgIpc) is 2.38. The third-order valence-electron chi connectivity index (χ3n) is 4.10. The smallest absolute Gasteiger partial charge is 0.252 e. The van der Waals surface area contributed by atoms with Crippen molar-refractivity contribution in [3.05, 3.63) is 22.2 Å². The van der Waals surface area contributed by atoms with Crippen LogP contribution in [0.5, 0.6) is 0 Å². The quantitative estimate of drug-likeness (QED) is 0.912. The summed E-state index contributed by atoms with van der Waals surface area (Å²) in [5, 5.41) is 0. The Kier molecular flexibility index (Phi) is 4.27. The molecule has 1 N–H and O–H groups in total. The Labute approximate surface area is 115 Å². The number of rotatable bonds is 3. The molecule has 0 atom stereocenters. The topological polar surface area (TPSA) is 49.0 Å². The molecule has 0 radical (unpaired) electrons. The van der Waals surface area contributed by atoms with E-state index in [1.54, 1.807) is 6.07 Å². The van der Waals surface area contributed by atoms with Crippen LogP contribution < -0.4 is 10.5 Å². The number of hydrogen-bond acceptors (Lipinski definition) is 3. The Hall–Kier alpha value is -1.32. The summed E-state index contributed by atoms with van der Waals surface area (Å²) >= 11 is 0. The lowest BCUT2D eigenvalue weighted by molar-refractivity contribution is 0.310. The first-order valence-corrected chi connectivity index (χ1v) is 7.33. The number of aromatic nitrogens is 2. The number of nitrogens with zero attached hydrogens (tertiary/aromatic N) is 2. The minimum absolute atomic E-state index is 0.0420. The Morgan fingerprint density at radius 1 is 1.26 bits per heavy atom. The molecule has 0 unspecified atom stereocenters. The molecule has 19 heavy (non-hydrogen) atoms. The fourth-order valence-electron chi connectivity index (χ4n) is 2.69. The van der Waals surface area contributed by atoms with E-state index in [9.17, 15) is 4.79 Å². The minimum Gasteiger partial charge on any atom is -0.356 e. The van der Waals surface area contributed by atoms with Crippen molar-refractivity contribution in [3.63, 3.8) is 0 Å². The van der Waals surface area contributed by atoms with Crippen molar-refractivity contribution in [2.75, 3.05) is 18.0 Å². The van der Waals surface area contributed by atoms with Gasteiger partial charge < -0.3 is 9.88 Å². The van der Waals surface area contributed by atoms with Crippen molar-refractivity contribution in [2.45, 2.75) is 46.5 Å². The van der Waals surface area contributed by atoms with Crippen LogP contribution in [0.2, 0.25) is 0 Å². The lowest BCUT2D eigenvalue weighted by Gasteiger charge is -2.34. The molecule has 2 heterocycles. The largest absolute Gasteiger partial charge is 0.356 e. The summed E-state index contributed by atoms with van der Waals surface area (Å²) in [6.45, 7) is 10.7. The molecule has 0 bridgehead atoms. The molecule has 2 rings (SSSR count). The van der Waals surface area contributed by atoms with Crippen molar-refractivity contribution in [1.29, 1.82) is 0 Å². The van der Waals surface area contributed by atoms with Gasteiger partial charge in [0.2, 0.25) is 0 Å². The zero-order valence-electron chi connectivity index (χ0n) is 12.4.